The summed E-state index contributed by atoms with van der Waals surface area (Å²) >= 11 is 0. The van der Waals surface area contributed by atoms with Gasteiger partial charge < -0.3 is 0 Å². The van der Waals surface area contributed by atoms with Crippen LogP contribution in [0.3, 0.4) is 0 Å². The number of sulfone groups is 2. The van der Waals surface area contributed by atoms with Gasteiger partial charge in [0.05, 0.1) is 9.79 Å². The van der Waals surface area contributed by atoms with E-state index in [0.717, 1.165) is 18.2 Å². The van der Waals surface area contributed by atoms with Gasteiger partial charge in [-0.1, -0.05) is 42.5 Å². The van der Waals surface area contributed by atoms with E-state index in [1.807, 2.05) is 0 Å². The Labute approximate surface area is 155 Å². The Morgan fingerprint density at radius 3 is 2.00 bits per heavy atom. The van der Waals surface area contributed by atoms with Crippen molar-refractivity contribution in [2.75, 3.05) is 0 Å². The summed E-state index contributed by atoms with van der Waals surface area (Å²) in [6.45, 7) is 0. The topological polar surface area (TPSA) is 102 Å². The maximum Gasteiger partial charge on any atom is 0.211 e. The molecule has 0 bridgehead atoms. The van der Waals surface area contributed by atoms with Crippen LogP contribution in [-0.2, 0) is 19.7 Å². The second-order valence-corrected chi connectivity index (χ2v) is 9.99. The first-order chi connectivity index (χ1) is 12.8. The molecule has 4 rings (SSSR count). The molecule has 136 valence electrons. The Hall–Kier alpha value is -2.84. The number of Topliss-reactive ketones (excluding diaryl/α,β-unsaturated/α-hetero) is 2. The molecule has 2 aliphatic heterocycles. The number of hydrogen-bond donors (Lipinski definition) is 0. The van der Waals surface area contributed by atoms with Crippen LogP contribution >= 0.6 is 0 Å². The molecule has 0 saturated carbocycles. The molecule has 0 aromatic heterocycles. The van der Waals surface area contributed by atoms with Crippen molar-refractivity contribution in [2.24, 2.45) is 0 Å². The van der Waals surface area contributed by atoms with E-state index in [4.69, 9.17) is 0 Å². The summed E-state index contributed by atoms with van der Waals surface area (Å²) in [6.07, 6.45) is 3.29. The van der Waals surface area contributed by atoms with Gasteiger partial charge >= 0.3 is 0 Å². The third kappa shape index (κ3) is 2.44. The molecular formula is C19H12O6S2. The van der Waals surface area contributed by atoms with Crippen molar-refractivity contribution in [3.8, 4) is 0 Å². The molecule has 2 aliphatic rings. The zero-order valence-corrected chi connectivity index (χ0v) is 15.3. The first-order valence-corrected chi connectivity index (χ1v) is 10.9. The van der Waals surface area contributed by atoms with Crippen LogP contribution in [0, 0.1) is 0 Å². The van der Waals surface area contributed by atoms with E-state index in [1.165, 1.54) is 36.4 Å². The van der Waals surface area contributed by atoms with Crippen LogP contribution in [0.1, 0.15) is 20.7 Å². The number of ketones is 2. The monoisotopic (exact) mass is 400 g/mol. The molecule has 0 radical (unpaired) electrons. The molecule has 8 heteroatoms. The maximum absolute atomic E-state index is 12.5. The predicted octanol–water partition coefficient (Wildman–Crippen LogP) is 2.14. The van der Waals surface area contributed by atoms with Crippen LogP contribution in [-0.4, -0.2) is 33.7 Å². The number of rotatable bonds is 2. The third-order valence-electron chi connectivity index (χ3n) is 4.52. The fourth-order valence-corrected chi connectivity index (χ4v) is 6.49. The van der Waals surface area contributed by atoms with Gasteiger partial charge in [0.15, 0.2) is 15.6 Å². The highest BCUT2D eigenvalue weighted by atomic mass is 32.2. The van der Waals surface area contributed by atoms with E-state index in [9.17, 15) is 26.4 Å². The SMILES string of the molecule is O=C1/C(=C\C=C/[C@H]2C(=O)c3ccccc3S2(=O)=O)S(=O)(=O)c2ccccc21. The Bertz CT molecular complexity index is 1280. The minimum Gasteiger partial charge on any atom is -0.292 e. The molecule has 0 spiro atoms. The smallest absolute Gasteiger partial charge is 0.211 e. The van der Waals surface area contributed by atoms with Crippen molar-refractivity contribution in [3.63, 3.8) is 0 Å². The lowest BCUT2D eigenvalue weighted by atomic mass is 10.1. The predicted molar refractivity (Wildman–Crippen MR) is 96.9 cm³/mol. The first-order valence-electron chi connectivity index (χ1n) is 7.91. The minimum absolute atomic E-state index is 0.0470. The quantitative estimate of drug-likeness (QED) is 0.716. The van der Waals surface area contributed by atoms with Crippen molar-refractivity contribution < 1.29 is 26.4 Å². The number of hydrogen-bond acceptors (Lipinski definition) is 6. The van der Waals surface area contributed by atoms with Gasteiger partial charge in [0.2, 0.25) is 15.6 Å². The number of carbonyl (C=O) groups excluding carboxylic acids is 2. The van der Waals surface area contributed by atoms with Gasteiger partial charge in [-0.25, -0.2) is 16.8 Å². The zero-order valence-electron chi connectivity index (χ0n) is 13.7. The summed E-state index contributed by atoms with van der Waals surface area (Å²) in [7, 11) is -7.85. The maximum atomic E-state index is 12.5. The summed E-state index contributed by atoms with van der Waals surface area (Å²) in [5.41, 5.74) is 0.186. The Kier molecular flexibility index (Phi) is 3.79. The van der Waals surface area contributed by atoms with Crippen LogP contribution in [0.2, 0.25) is 0 Å². The normalized spacial score (nSPS) is 23.7. The lowest BCUT2D eigenvalue weighted by Gasteiger charge is -2.01. The van der Waals surface area contributed by atoms with E-state index >= 15 is 0 Å². The lowest BCUT2D eigenvalue weighted by molar-refractivity contribution is 0.1000. The molecule has 0 unspecified atom stereocenters. The minimum atomic E-state index is -3.96. The highest BCUT2D eigenvalue weighted by molar-refractivity contribution is 7.97. The third-order valence-corrected chi connectivity index (χ3v) is 8.36. The van der Waals surface area contributed by atoms with Gasteiger partial charge in [0, 0.05) is 11.1 Å². The Balaban J connectivity index is 1.72. The molecule has 0 saturated heterocycles. The number of benzene rings is 2. The molecule has 0 aliphatic carbocycles. The average Bonchev–Trinajstić information content (AvgIpc) is 2.96. The highest BCUT2D eigenvalue weighted by Gasteiger charge is 2.42. The molecule has 2 aromatic rings. The summed E-state index contributed by atoms with van der Waals surface area (Å²) in [4.78, 5) is 24.1. The van der Waals surface area contributed by atoms with Gasteiger partial charge in [0.25, 0.3) is 0 Å². The van der Waals surface area contributed by atoms with Crippen molar-refractivity contribution in [2.45, 2.75) is 15.0 Å². The van der Waals surface area contributed by atoms with Gasteiger partial charge in [-0.15, -0.1) is 0 Å². The lowest BCUT2D eigenvalue weighted by Crippen LogP contribution is -2.19. The van der Waals surface area contributed by atoms with Crippen LogP contribution in [0.25, 0.3) is 0 Å². The van der Waals surface area contributed by atoms with Gasteiger partial charge in [-0.05, 0) is 24.3 Å². The van der Waals surface area contributed by atoms with Crippen LogP contribution in [0.5, 0.6) is 0 Å². The summed E-state index contributed by atoms with van der Waals surface area (Å²) in [5.74, 6) is -1.23. The van der Waals surface area contributed by atoms with E-state index < -0.39 is 41.4 Å². The molecule has 0 N–H and O–H groups in total. The molecule has 27 heavy (non-hydrogen) atoms. The summed E-state index contributed by atoms with van der Waals surface area (Å²) in [6, 6.07) is 11.7. The molecule has 0 fully saturated rings. The van der Waals surface area contributed by atoms with Gasteiger partial charge in [-0.2, -0.15) is 0 Å². The van der Waals surface area contributed by atoms with Crippen LogP contribution < -0.4 is 0 Å². The highest BCUT2D eigenvalue weighted by Crippen LogP contribution is 2.34. The molecule has 2 heterocycles. The van der Waals surface area contributed by atoms with Crippen LogP contribution in [0.4, 0.5) is 0 Å². The fraction of sp³-hybridized carbons (Fsp3) is 0.0526. The largest absolute Gasteiger partial charge is 0.292 e. The second kappa shape index (κ2) is 5.83. The number of fused-ring (bicyclic) bond motifs is 2. The molecule has 6 nitrogen and oxygen atoms in total. The first kappa shape index (κ1) is 17.6. The second-order valence-electron chi connectivity index (χ2n) is 6.07. The van der Waals surface area contributed by atoms with Crippen LogP contribution in [0.15, 0.2) is 81.5 Å². The molecular weight excluding hydrogens is 388 g/mol. The average molecular weight is 400 g/mol. The summed E-state index contributed by atoms with van der Waals surface area (Å²) in [5, 5.41) is -1.44. The molecule has 0 amide bonds. The number of allylic oxidation sites excluding steroid dienone is 3. The summed E-state index contributed by atoms with van der Waals surface area (Å²) < 4.78 is 50.0. The zero-order chi connectivity index (χ0) is 19.4. The molecule has 2 aromatic carbocycles. The van der Waals surface area contributed by atoms with E-state index in [0.29, 0.717) is 0 Å². The van der Waals surface area contributed by atoms with Gasteiger partial charge in [-0.3, -0.25) is 9.59 Å². The Morgan fingerprint density at radius 2 is 1.37 bits per heavy atom. The van der Waals surface area contributed by atoms with E-state index in [1.54, 1.807) is 12.1 Å². The standard InChI is InChI=1S/C19H12O6S2/c20-18-12-6-1-3-8-14(12)26(22,23)16(18)10-5-11-17-19(21)13-7-2-4-9-15(13)27(17,24)25/h1-11,16H/b10-5-,17-11+/t16-/m0/s1. The van der Waals surface area contributed by atoms with Crippen molar-refractivity contribution in [1.82, 2.24) is 0 Å². The Morgan fingerprint density at radius 1 is 0.778 bits per heavy atom. The van der Waals surface area contributed by atoms with Crippen molar-refractivity contribution >= 4 is 31.2 Å². The van der Waals surface area contributed by atoms with Gasteiger partial charge in [0.1, 0.15) is 10.2 Å². The van der Waals surface area contributed by atoms with Crippen molar-refractivity contribution in [3.05, 3.63) is 82.8 Å². The van der Waals surface area contributed by atoms with E-state index in [-0.39, 0.29) is 20.9 Å². The molecule has 1 atom stereocenters. The van der Waals surface area contributed by atoms with E-state index in [2.05, 4.69) is 0 Å². The van der Waals surface area contributed by atoms with Crippen molar-refractivity contribution in [1.29, 1.82) is 0 Å². The fourth-order valence-electron chi connectivity index (χ4n) is 3.21. The number of carbonyl (C=O) groups is 2.